The van der Waals surface area contributed by atoms with Gasteiger partial charge in [-0.05, 0) is 57.2 Å². The number of amides is 2. The molecule has 2 aromatic rings. The van der Waals surface area contributed by atoms with Crippen LogP contribution in [0, 0.1) is 5.92 Å². The van der Waals surface area contributed by atoms with Crippen LogP contribution in [-0.2, 0) is 0 Å². The van der Waals surface area contributed by atoms with Crippen LogP contribution in [0.25, 0.3) is 0 Å². The van der Waals surface area contributed by atoms with Gasteiger partial charge in [-0.2, -0.15) is 0 Å². The molecule has 1 aromatic carbocycles. The molecule has 0 saturated carbocycles. The summed E-state index contributed by atoms with van der Waals surface area (Å²) in [5.41, 5.74) is 7.38. The summed E-state index contributed by atoms with van der Waals surface area (Å²) in [5, 5.41) is 0. The van der Waals surface area contributed by atoms with Crippen molar-refractivity contribution in [2.45, 2.75) is 12.8 Å². The number of piperidine rings is 1. The molecule has 6 heteroatoms. The van der Waals surface area contributed by atoms with Crippen LogP contribution in [0.1, 0.15) is 23.2 Å². The van der Waals surface area contributed by atoms with E-state index in [0.717, 1.165) is 25.9 Å². The zero-order valence-corrected chi connectivity index (χ0v) is 14.3. The molecule has 130 valence electrons. The van der Waals surface area contributed by atoms with Gasteiger partial charge in [-0.3, -0.25) is 14.7 Å². The molecule has 2 N–H and O–H groups in total. The molecule has 1 saturated heterocycles. The Morgan fingerprint density at radius 1 is 1.12 bits per heavy atom. The number of nitrogens with zero attached hydrogens (tertiary/aromatic N) is 3. The van der Waals surface area contributed by atoms with Crippen LogP contribution in [0.5, 0.6) is 0 Å². The fourth-order valence-corrected chi connectivity index (χ4v) is 3.20. The number of likely N-dealkylation sites (tertiary alicyclic amines) is 1. The molecule has 0 bridgehead atoms. The zero-order chi connectivity index (χ0) is 17.8. The summed E-state index contributed by atoms with van der Waals surface area (Å²) in [5.74, 6) is 0.170. The monoisotopic (exact) mass is 338 g/mol. The summed E-state index contributed by atoms with van der Waals surface area (Å²) in [6.07, 6.45) is 4.92. The fraction of sp³-hybridized carbons (Fsp3) is 0.316. The fourth-order valence-electron chi connectivity index (χ4n) is 3.20. The number of primary amides is 1. The van der Waals surface area contributed by atoms with Crippen LogP contribution in [0.4, 0.5) is 16.2 Å². The van der Waals surface area contributed by atoms with E-state index < -0.39 is 6.03 Å². The molecule has 3 rings (SSSR count). The molecule has 2 amide bonds. The third-order valence-electron chi connectivity index (χ3n) is 4.62. The molecule has 0 atom stereocenters. The van der Waals surface area contributed by atoms with Crippen LogP contribution in [0.2, 0.25) is 0 Å². The molecule has 0 radical (unpaired) electrons. The molecule has 6 nitrogen and oxygen atoms in total. The number of hydrogen-bond donors (Lipinski definition) is 1. The lowest BCUT2D eigenvalue weighted by molar-refractivity contribution is 0.0857. The number of nitrogens with two attached hydrogens (primary N) is 1. The van der Waals surface area contributed by atoms with E-state index >= 15 is 0 Å². The number of rotatable bonds is 4. The first-order valence-electron chi connectivity index (χ1n) is 8.38. The maximum atomic E-state index is 12.8. The van der Waals surface area contributed by atoms with Gasteiger partial charge >= 0.3 is 6.03 Å². The van der Waals surface area contributed by atoms with Gasteiger partial charge in [0.2, 0.25) is 0 Å². The molecule has 0 spiro atoms. The van der Waals surface area contributed by atoms with E-state index in [9.17, 15) is 9.59 Å². The lowest BCUT2D eigenvalue weighted by atomic mass is 9.89. The summed E-state index contributed by atoms with van der Waals surface area (Å²) in [6.45, 7) is 1.86. The van der Waals surface area contributed by atoms with E-state index in [1.54, 1.807) is 48.8 Å². The average Bonchev–Trinajstić information content (AvgIpc) is 2.63. The third-order valence-corrected chi connectivity index (χ3v) is 4.62. The van der Waals surface area contributed by atoms with Crippen LogP contribution < -0.4 is 10.6 Å². The minimum atomic E-state index is -0.602. The summed E-state index contributed by atoms with van der Waals surface area (Å²) < 4.78 is 0. The van der Waals surface area contributed by atoms with Gasteiger partial charge in [-0.25, -0.2) is 4.79 Å². The first-order valence-corrected chi connectivity index (χ1v) is 8.38. The van der Waals surface area contributed by atoms with Crippen molar-refractivity contribution in [2.75, 3.05) is 25.0 Å². The second-order valence-corrected chi connectivity index (χ2v) is 6.37. The van der Waals surface area contributed by atoms with Gasteiger partial charge in [0.15, 0.2) is 5.78 Å². The lowest BCUT2D eigenvalue weighted by Crippen LogP contribution is -2.34. The minimum Gasteiger partial charge on any atom is -0.351 e. The van der Waals surface area contributed by atoms with Crippen molar-refractivity contribution < 1.29 is 9.59 Å². The highest BCUT2D eigenvalue weighted by Crippen LogP contribution is 2.27. The maximum absolute atomic E-state index is 12.8. The van der Waals surface area contributed by atoms with E-state index in [2.05, 4.69) is 16.9 Å². The number of carbonyl (C=O) groups excluding carboxylic acids is 2. The molecule has 25 heavy (non-hydrogen) atoms. The highest BCUT2D eigenvalue weighted by atomic mass is 16.2. The van der Waals surface area contributed by atoms with Gasteiger partial charge in [-0.1, -0.05) is 12.1 Å². The number of anilines is 2. The van der Waals surface area contributed by atoms with E-state index in [1.165, 1.54) is 4.90 Å². The Morgan fingerprint density at radius 2 is 1.80 bits per heavy atom. The van der Waals surface area contributed by atoms with Gasteiger partial charge in [-0.15, -0.1) is 0 Å². The Kier molecular flexibility index (Phi) is 5.09. The number of carbonyl (C=O) groups is 2. The van der Waals surface area contributed by atoms with Crippen LogP contribution in [-0.4, -0.2) is 41.8 Å². The minimum absolute atomic E-state index is 0.0365. The van der Waals surface area contributed by atoms with Gasteiger partial charge < -0.3 is 10.6 Å². The Labute approximate surface area is 147 Å². The van der Waals surface area contributed by atoms with Crippen molar-refractivity contribution in [3.8, 4) is 0 Å². The van der Waals surface area contributed by atoms with Gasteiger partial charge in [0.05, 0.1) is 11.4 Å². The molecule has 0 unspecified atom stereocenters. The van der Waals surface area contributed by atoms with Crippen molar-refractivity contribution in [1.29, 1.82) is 0 Å². The second kappa shape index (κ2) is 7.44. The average molecular weight is 338 g/mol. The highest BCUT2D eigenvalue weighted by molar-refractivity contribution is 6.02. The number of ketones is 1. The topological polar surface area (TPSA) is 79.5 Å². The Balaban J connectivity index is 1.87. The maximum Gasteiger partial charge on any atom is 0.323 e. The number of benzene rings is 1. The normalized spacial score (nSPS) is 15.7. The number of urea groups is 1. The Bertz CT molecular complexity index is 755. The van der Waals surface area contributed by atoms with Crippen molar-refractivity contribution in [1.82, 2.24) is 9.88 Å². The van der Waals surface area contributed by atoms with E-state index in [0.29, 0.717) is 16.9 Å². The summed E-state index contributed by atoms with van der Waals surface area (Å²) in [4.78, 5) is 32.4. The second-order valence-electron chi connectivity index (χ2n) is 6.37. The molecular formula is C19H22N4O2. The molecule has 2 heterocycles. The Morgan fingerprint density at radius 3 is 2.44 bits per heavy atom. The van der Waals surface area contributed by atoms with Crippen LogP contribution in [0.3, 0.4) is 0 Å². The third kappa shape index (κ3) is 3.85. The predicted molar refractivity (Wildman–Crippen MR) is 97.0 cm³/mol. The number of pyridine rings is 1. The standard InChI is InChI=1S/C19H22N4O2/c1-22-11-7-14(8-12-22)18(24)15-3-2-4-17(13-15)23(19(20)25)16-5-9-21-10-6-16/h2-6,9-10,13-14H,7-8,11-12H2,1H3,(H2,20,25). The Hall–Kier alpha value is -2.73. The van der Waals surface area contributed by atoms with Crippen molar-refractivity contribution in [2.24, 2.45) is 11.7 Å². The van der Waals surface area contributed by atoms with Gasteiger partial charge in [0.1, 0.15) is 0 Å². The molecule has 1 aliphatic rings. The SMILES string of the molecule is CN1CCC(C(=O)c2cccc(N(C(N)=O)c3ccncc3)c2)CC1. The summed E-state index contributed by atoms with van der Waals surface area (Å²) in [6, 6.07) is 9.91. The van der Waals surface area contributed by atoms with Crippen LogP contribution >= 0.6 is 0 Å². The van der Waals surface area contributed by atoms with Crippen molar-refractivity contribution in [3.05, 3.63) is 54.4 Å². The first-order chi connectivity index (χ1) is 12.1. The summed E-state index contributed by atoms with van der Waals surface area (Å²) >= 11 is 0. The summed E-state index contributed by atoms with van der Waals surface area (Å²) in [7, 11) is 2.07. The molecule has 1 fully saturated rings. The van der Waals surface area contributed by atoms with E-state index in [-0.39, 0.29) is 11.7 Å². The molecule has 1 aliphatic heterocycles. The molecule has 0 aliphatic carbocycles. The van der Waals surface area contributed by atoms with Crippen molar-refractivity contribution in [3.63, 3.8) is 0 Å². The van der Waals surface area contributed by atoms with Gasteiger partial charge in [0, 0.05) is 23.9 Å². The van der Waals surface area contributed by atoms with Crippen LogP contribution in [0.15, 0.2) is 48.8 Å². The number of Topliss-reactive ketones (excluding diaryl/α,β-unsaturated/α-hetero) is 1. The highest BCUT2D eigenvalue weighted by Gasteiger charge is 2.25. The number of aromatic nitrogens is 1. The largest absolute Gasteiger partial charge is 0.351 e. The zero-order valence-electron chi connectivity index (χ0n) is 14.3. The molecular weight excluding hydrogens is 316 g/mol. The van der Waals surface area contributed by atoms with Crippen molar-refractivity contribution >= 4 is 23.2 Å². The van der Waals surface area contributed by atoms with Gasteiger partial charge in [0.25, 0.3) is 0 Å². The quantitative estimate of drug-likeness (QED) is 0.869. The van der Waals surface area contributed by atoms with E-state index in [1.807, 2.05) is 0 Å². The lowest BCUT2D eigenvalue weighted by Gasteiger charge is -2.28. The molecule has 1 aromatic heterocycles. The smallest absolute Gasteiger partial charge is 0.323 e. The van der Waals surface area contributed by atoms with E-state index in [4.69, 9.17) is 5.73 Å². The predicted octanol–water partition coefficient (Wildman–Crippen LogP) is 2.82. The first kappa shape index (κ1) is 17.1. The number of hydrogen-bond acceptors (Lipinski definition) is 4.